The van der Waals surface area contributed by atoms with Crippen molar-refractivity contribution in [3.8, 4) is 0 Å². The number of hydrogen-bond donors (Lipinski definition) is 2. The van der Waals surface area contributed by atoms with Gasteiger partial charge in [-0.1, -0.05) is 24.3 Å². The van der Waals surface area contributed by atoms with Gasteiger partial charge in [0.2, 0.25) is 5.91 Å². The Morgan fingerprint density at radius 3 is 2.42 bits per heavy atom. The molecule has 2 rings (SSSR count). The molecule has 0 aromatic heterocycles. The first-order valence-electron chi connectivity index (χ1n) is 6.68. The molecule has 0 bridgehead atoms. The van der Waals surface area contributed by atoms with E-state index in [9.17, 15) is 4.79 Å². The standard InChI is InChI=1S/C15H21NO3/c1-19-15(7-2-8-15)9-14(18)16-10-12-3-5-13(11-17)6-4-12/h3-6,17H,2,7-11H2,1H3,(H,16,18). The van der Waals surface area contributed by atoms with E-state index in [0.717, 1.165) is 30.4 Å². The second kappa shape index (κ2) is 6.17. The van der Waals surface area contributed by atoms with Crippen LogP contribution in [0.4, 0.5) is 0 Å². The third-order valence-corrected chi connectivity index (χ3v) is 3.88. The molecule has 2 N–H and O–H groups in total. The number of hydrogen-bond acceptors (Lipinski definition) is 3. The van der Waals surface area contributed by atoms with E-state index in [4.69, 9.17) is 9.84 Å². The first kappa shape index (κ1) is 14.0. The zero-order valence-electron chi connectivity index (χ0n) is 11.3. The highest BCUT2D eigenvalue weighted by atomic mass is 16.5. The number of aliphatic hydroxyl groups excluding tert-OH is 1. The molecule has 0 atom stereocenters. The molecule has 0 unspecified atom stereocenters. The van der Waals surface area contributed by atoms with Gasteiger partial charge >= 0.3 is 0 Å². The average Bonchev–Trinajstić information content (AvgIpc) is 2.41. The molecule has 4 nitrogen and oxygen atoms in total. The molecule has 0 aliphatic heterocycles. The van der Waals surface area contributed by atoms with E-state index in [-0.39, 0.29) is 18.1 Å². The quantitative estimate of drug-likeness (QED) is 0.822. The molecule has 0 saturated heterocycles. The Kier molecular flexibility index (Phi) is 4.56. The summed E-state index contributed by atoms with van der Waals surface area (Å²) in [6, 6.07) is 7.57. The minimum absolute atomic E-state index is 0.0350. The molecule has 0 heterocycles. The van der Waals surface area contributed by atoms with Gasteiger partial charge in [-0.3, -0.25) is 4.79 Å². The second-order valence-electron chi connectivity index (χ2n) is 5.17. The Morgan fingerprint density at radius 1 is 1.32 bits per heavy atom. The molecular weight excluding hydrogens is 242 g/mol. The van der Waals surface area contributed by atoms with Gasteiger partial charge in [0.05, 0.1) is 18.6 Å². The fourth-order valence-electron chi connectivity index (χ4n) is 2.34. The van der Waals surface area contributed by atoms with Crippen LogP contribution < -0.4 is 5.32 Å². The summed E-state index contributed by atoms with van der Waals surface area (Å²) in [6.07, 6.45) is 3.53. The Morgan fingerprint density at radius 2 is 1.95 bits per heavy atom. The highest BCUT2D eigenvalue weighted by molar-refractivity contribution is 5.77. The van der Waals surface area contributed by atoms with E-state index in [0.29, 0.717) is 13.0 Å². The maximum Gasteiger partial charge on any atom is 0.223 e. The van der Waals surface area contributed by atoms with Crippen LogP contribution in [-0.4, -0.2) is 23.7 Å². The maximum atomic E-state index is 11.9. The highest BCUT2D eigenvalue weighted by Gasteiger charge is 2.38. The summed E-state index contributed by atoms with van der Waals surface area (Å²) in [5, 5.41) is 11.9. The van der Waals surface area contributed by atoms with Crippen molar-refractivity contribution >= 4 is 5.91 Å². The molecule has 1 amide bonds. The highest BCUT2D eigenvalue weighted by Crippen LogP contribution is 2.37. The Hall–Kier alpha value is -1.39. The molecule has 4 heteroatoms. The summed E-state index contributed by atoms with van der Waals surface area (Å²) in [5.74, 6) is 0.0350. The molecule has 1 fully saturated rings. The van der Waals surface area contributed by atoms with Crippen molar-refractivity contribution in [1.29, 1.82) is 0 Å². The van der Waals surface area contributed by atoms with Crippen LogP contribution in [-0.2, 0) is 22.7 Å². The molecule has 1 saturated carbocycles. The number of rotatable bonds is 6. The van der Waals surface area contributed by atoms with E-state index in [1.807, 2.05) is 24.3 Å². The molecule has 19 heavy (non-hydrogen) atoms. The zero-order chi connectivity index (χ0) is 13.7. The van der Waals surface area contributed by atoms with Crippen molar-refractivity contribution < 1.29 is 14.6 Å². The lowest BCUT2D eigenvalue weighted by Crippen LogP contribution is -2.43. The SMILES string of the molecule is COC1(CC(=O)NCc2ccc(CO)cc2)CCC1. The van der Waals surface area contributed by atoms with Gasteiger partial charge in [-0.15, -0.1) is 0 Å². The van der Waals surface area contributed by atoms with Crippen molar-refractivity contribution in [3.63, 3.8) is 0 Å². The number of ether oxygens (including phenoxy) is 1. The maximum absolute atomic E-state index is 11.9. The van der Waals surface area contributed by atoms with Gasteiger partial charge in [-0.2, -0.15) is 0 Å². The van der Waals surface area contributed by atoms with Crippen LogP contribution in [0.3, 0.4) is 0 Å². The first-order chi connectivity index (χ1) is 9.17. The number of nitrogens with one attached hydrogen (secondary N) is 1. The fourth-order valence-corrected chi connectivity index (χ4v) is 2.34. The Balaban J connectivity index is 1.79. The summed E-state index contributed by atoms with van der Waals surface area (Å²) in [7, 11) is 1.68. The molecule has 104 valence electrons. The first-order valence-corrected chi connectivity index (χ1v) is 6.68. The van der Waals surface area contributed by atoms with Gasteiger partial charge < -0.3 is 15.2 Å². The summed E-state index contributed by atoms with van der Waals surface area (Å²) >= 11 is 0. The van der Waals surface area contributed by atoms with Gasteiger partial charge in [-0.05, 0) is 30.4 Å². The van der Waals surface area contributed by atoms with Crippen molar-refractivity contribution in [1.82, 2.24) is 5.32 Å². The minimum Gasteiger partial charge on any atom is -0.392 e. The minimum atomic E-state index is -0.217. The Labute approximate surface area is 113 Å². The average molecular weight is 263 g/mol. The normalized spacial score (nSPS) is 16.7. The second-order valence-corrected chi connectivity index (χ2v) is 5.17. The number of aliphatic hydroxyl groups is 1. The van der Waals surface area contributed by atoms with Gasteiger partial charge in [-0.25, -0.2) is 0 Å². The van der Waals surface area contributed by atoms with E-state index in [1.165, 1.54) is 0 Å². The summed E-state index contributed by atoms with van der Waals surface area (Å²) in [4.78, 5) is 11.9. The molecule has 0 spiro atoms. The Bertz CT molecular complexity index is 418. The van der Waals surface area contributed by atoms with Crippen LogP contribution in [0, 0.1) is 0 Å². The van der Waals surface area contributed by atoms with Crippen LogP contribution in [0.25, 0.3) is 0 Å². The predicted octanol–water partition coefficient (Wildman–Crippen LogP) is 1.75. The van der Waals surface area contributed by atoms with Crippen LogP contribution in [0.2, 0.25) is 0 Å². The molecule has 1 aromatic rings. The fraction of sp³-hybridized carbons (Fsp3) is 0.533. The molecule has 1 aliphatic rings. The van der Waals surface area contributed by atoms with E-state index >= 15 is 0 Å². The lowest BCUT2D eigenvalue weighted by molar-refractivity contribution is -0.134. The van der Waals surface area contributed by atoms with E-state index in [2.05, 4.69) is 5.32 Å². The number of amides is 1. The van der Waals surface area contributed by atoms with Crippen LogP contribution >= 0.6 is 0 Å². The molecular formula is C15H21NO3. The topological polar surface area (TPSA) is 58.6 Å². The van der Waals surface area contributed by atoms with Crippen molar-refractivity contribution in [2.45, 2.75) is 44.4 Å². The monoisotopic (exact) mass is 263 g/mol. The lowest BCUT2D eigenvalue weighted by Gasteiger charge is -2.39. The number of carbonyl (C=O) groups is 1. The van der Waals surface area contributed by atoms with Crippen molar-refractivity contribution in [3.05, 3.63) is 35.4 Å². The predicted molar refractivity (Wildman–Crippen MR) is 72.4 cm³/mol. The third-order valence-electron chi connectivity index (χ3n) is 3.88. The molecule has 1 aromatic carbocycles. The smallest absolute Gasteiger partial charge is 0.223 e. The van der Waals surface area contributed by atoms with Gasteiger partial charge in [0.1, 0.15) is 0 Å². The summed E-state index contributed by atoms with van der Waals surface area (Å²) in [6.45, 7) is 0.563. The summed E-state index contributed by atoms with van der Waals surface area (Å²) in [5.41, 5.74) is 1.69. The van der Waals surface area contributed by atoms with Gasteiger partial charge in [0.15, 0.2) is 0 Å². The van der Waals surface area contributed by atoms with Crippen molar-refractivity contribution in [2.24, 2.45) is 0 Å². The van der Waals surface area contributed by atoms with Crippen LogP contribution in [0.5, 0.6) is 0 Å². The molecule has 1 aliphatic carbocycles. The van der Waals surface area contributed by atoms with Crippen LogP contribution in [0.1, 0.15) is 36.8 Å². The number of benzene rings is 1. The lowest BCUT2D eigenvalue weighted by atomic mass is 9.77. The van der Waals surface area contributed by atoms with Crippen LogP contribution in [0.15, 0.2) is 24.3 Å². The third kappa shape index (κ3) is 3.55. The van der Waals surface area contributed by atoms with Gasteiger partial charge in [0.25, 0.3) is 0 Å². The summed E-state index contributed by atoms with van der Waals surface area (Å²) < 4.78 is 5.44. The zero-order valence-corrected chi connectivity index (χ0v) is 11.3. The van der Waals surface area contributed by atoms with Crippen molar-refractivity contribution in [2.75, 3.05) is 7.11 Å². The van der Waals surface area contributed by atoms with E-state index in [1.54, 1.807) is 7.11 Å². The number of carbonyl (C=O) groups excluding carboxylic acids is 1. The number of methoxy groups -OCH3 is 1. The van der Waals surface area contributed by atoms with Gasteiger partial charge in [0, 0.05) is 13.7 Å². The largest absolute Gasteiger partial charge is 0.392 e. The molecule has 0 radical (unpaired) electrons. The van der Waals surface area contributed by atoms with E-state index < -0.39 is 0 Å².